The van der Waals surface area contributed by atoms with Gasteiger partial charge in [-0.1, -0.05) is 31.4 Å². The summed E-state index contributed by atoms with van der Waals surface area (Å²) >= 11 is 0. The molecule has 1 N–H and O–H groups in total. The SMILES string of the molecule is Cc1nc(NC2CC2)c2cc(-c3ccc(F)c(CN(C(=O)C4CCCCC4)C4CC4)c3)ccc2n1. The molecule has 5 nitrogen and oxygen atoms in total. The molecule has 0 atom stereocenters. The van der Waals surface area contributed by atoms with Crippen LogP contribution in [-0.4, -0.2) is 32.9 Å². The second-order valence-corrected chi connectivity index (χ2v) is 10.6. The van der Waals surface area contributed by atoms with E-state index in [1.54, 1.807) is 6.07 Å². The molecule has 6 rings (SSSR count). The van der Waals surface area contributed by atoms with E-state index in [-0.39, 0.29) is 23.7 Å². The molecule has 6 heteroatoms. The van der Waals surface area contributed by atoms with Crippen LogP contribution in [0.15, 0.2) is 36.4 Å². The summed E-state index contributed by atoms with van der Waals surface area (Å²) in [6, 6.07) is 12.2. The van der Waals surface area contributed by atoms with E-state index >= 15 is 0 Å². The number of benzene rings is 2. The van der Waals surface area contributed by atoms with E-state index in [2.05, 4.69) is 21.4 Å². The first-order chi connectivity index (χ1) is 17.0. The molecule has 182 valence electrons. The Morgan fingerprint density at radius 3 is 2.46 bits per heavy atom. The molecule has 1 amide bonds. The molecule has 35 heavy (non-hydrogen) atoms. The van der Waals surface area contributed by atoms with Gasteiger partial charge in [0.2, 0.25) is 5.91 Å². The van der Waals surface area contributed by atoms with Crippen molar-refractivity contribution < 1.29 is 9.18 Å². The summed E-state index contributed by atoms with van der Waals surface area (Å²) in [5, 5.41) is 4.52. The largest absolute Gasteiger partial charge is 0.367 e. The number of aromatic nitrogens is 2. The van der Waals surface area contributed by atoms with E-state index in [1.807, 2.05) is 36.1 Å². The highest BCUT2D eigenvalue weighted by Crippen LogP contribution is 2.35. The van der Waals surface area contributed by atoms with Gasteiger partial charge in [0.1, 0.15) is 17.5 Å². The number of rotatable bonds is 7. The van der Waals surface area contributed by atoms with Gasteiger partial charge in [-0.05, 0) is 80.8 Å². The van der Waals surface area contributed by atoms with E-state index < -0.39 is 0 Å². The van der Waals surface area contributed by atoms with Crippen LogP contribution >= 0.6 is 0 Å². The molecule has 0 unspecified atom stereocenters. The van der Waals surface area contributed by atoms with Crippen molar-refractivity contribution >= 4 is 22.6 Å². The highest BCUT2D eigenvalue weighted by Gasteiger charge is 2.36. The van der Waals surface area contributed by atoms with Crippen molar-refractivity contribution in [3.05, 3.63) is 53.6 Å². The maximum absolute atomic E-state index is 15.0. The Hall–Kier alpha value is -3.02. The summed E-state index contributed by atoms with van der Waals surface area (Å²) < 4.78 is 15.0. The van der Waals surface area contributed by atoms with Crippen molar-refractivity contribution in [2.75, 3.05) is 5.32 Å². The quantitative estimate of drug-likeness (QED) is 0.433. The molecule has 3 aromatic rings. The molecular formula is C29H33FN4O. The first-order valence-electron chi connectivity index (χ1n) is 13.2. The Balaban J connectivity index is 1.30. The zero-order chi connectivity index (χ0) is 23.9. The van der Waals surface area contributed by atoms with Crippen molar-refractivity contribution in [3.8, 4) is 11.1 Å². The van der Waals surface area contributed by atoms with Gasteiger partial charge in [-0.3, -0.25) is 4.79 Å². The molecule has 3 aliphatic rings. The molecule has 0 spiro atoms. The van der Waals surface area contributed by atoms with Crippen LogP contribution in [0.5, 0.6) is 0 Å². The monoisotopic (exact) mass is 472 g/mol. The highest BCUT2D eigenvalue weighted by atomic mass is 19.1. The number of carbonyl (C=O) groups excluding carboxylic acids is 1. The van der Waals surface area contributed by atoms with Crippen LogP contribution in [-0.2, 0) is 11.3 Å². The van der Waals surface area contributed by atoms with E-state index in [9.17, 15) is 9.18 Å². The fourth-order valence-electron chi connectivity index (χ4n) is 5.37. The molecular weight excluding hydrogens is 439 g/mol. The number of hydrogen-bond acceptors (Lipinski definition) is 4. The predicted molar refractivity (Wildman–Crippen MR) is 136 cm³/mol. The Kier molecular flexibility index (Phi) is 5.91. The molecule has 0 saturated heterocycles. The number of aryl methyl sites for hydroxylation is 1. The lowest BCUT2D eigenvalue weighted by Gasteiger charge is -2.29. The number of nitrogens with one attached hydrogen (secondary N) is 1. The minimum atomic E-state index is -0.244. The summed E-state index contributed by atoms with van der Waals surface area (Å²) in [5.74, 6) is 1.71. The van der Waals surface area contributed by atoms with Gasteiger partial charge in [0.05, 0.1) is 5.52 Å². The fourth-order valence-corrected chi connectivity index (χ4v) is 5.37. The molecule has 3 saturated carbocycles. The average molecular weight is 473 g/mol. The van der Waals surface area contributed by atoms with Gasteiger partial charge in [-0.2, -0.15) is 0 Å². The van der Waals surface area contributed by atoms with Gasteiger partial charge in [-0.25, -0.2) is 14.4 Å². The third-order valence-electron chi connectivity index (χ3n) is 7.67. The topological polar surface area (TPSA) is 58.1 Å². The fraction of sp³-hybridized carbons (Fsp3) is 0.483. The van der Waals surface area contributed by atoms with Crippen LogP contribution in [0, 0.1) is 18.7 Å². The molecule has 2 aromatic carbocycles. The zero-order valence-electron chi connectivity index (χ0n) is 20.4. The van der Waals surface area contributed by atoms with Gasteiger partial charge in [0.15, 0.2) is 0 Å². The van der Waals surface area contributed by atoms with Crippen molar-refractivity contribution in [1.29, 1.82) is 0 Å². The number of fused-ring (bicyclic) bond motifs is 1. The molecule has 3 fully saturated rings. The van der Waals surface area contributed by atoms with Crippen molar-refractivity contribution in [3.63, 3.8) is 0 Å². The summed E-state index contributed by atoms with van der Waals surface area (Å²) in [5.41, 5.74) is 3.45. The summed E-state index contributed by atoms with van der Waals surface area (Å²) in [4.78, 5) is 24.6. The lowest BCUT2D eigenvalue weighted by molar-refractivity contribution is -0.137. The molecule has 3 aliphatic carbocycles. The van der Waals surface area contributed by atoms with E-state index in [0.29, 0.717) is 18.2 Å². The number of halogens is 1. The highest BCUT2D eigenvalue weighted by molar-refractivity contribution is 5.93. The van der Waals surface area contributed by atoms with Gasteiger partial charge < -0.3 is 10.2 Å². The van der Waals surface area contributed by atoms with Crippen LogP contribution in [0.2, 0.25) is 0 Å². The zero-order valence-corrected chi connectivity index (χ0v) is 20.4. The van der Waals surface area contributed by atoms with E-state index in [1.165, 1.54) is 19.3 Å². The van der Waals surface area contributed by atoms with Gasteiger partial charge in [0.25, 0.3) is 0 Å². The molecule has 0 radical (unpaired) electrons. The number of amides is 1. The van der Waals surface area contributed by atoms with Crippen LogP contribution in [0.3, 0.4) is 0 Å². The Morgan fingerprint density at radius 2 is 1.71 bits per heavy atom. The van der Waals surface area contributed by atoms with Crippen molar-refractivity contribution in [2.24, 2.45) is 5.92 Å². The van der Waals surface area contributed by atoms with E-state index in [0.717, 1.165) is 72.2 Å². The lowest BCUT2D eigenvalue weighted by atomic mass is 9.88. The molecule has 1 heterocycles. The summed E-state index contributed by atoms with van der Waals surface area (Å²) in [7, 11) is 0. The Bertz CT molecular complexity index is 1260. The number of carbonyl (C=O) groups is 1. The first kappa shape index (κ1) is 22.4. The summed E-state index contributed by atoms with van der Waals surface area (Å²) in [6.07, 6.45) is 9.81. The number of anilines is 1. The smallest absolute Gasteiger partial charge is 0.226 e. The Labute approximate surface area is 206 Å². The first-order valence-corrected chi connectivity index (χ1v) is 13.2. The predicted octanol–water partition coefficient (Wildman–Crippen LogP) is 6.39. The van der Waals surface area contributed by atoms with Crippen LogP contribution in [0.25, 0.3) is 22.0 Å². The van der Waals surface area contributed by atoms with E-state index in [4.69, 9.17) is 0 Å². The van der Waals surface area contributed by atoms with Crippen LogP contribution < -0.4 is 5.32 Å². The second kappa shape index (κ2) is 9.21. The standard InChI is InChI=1S/C29H33FN4O/c1-18-31-27-14-8-21(16-25(27)28(32-18)33-23-9-10-23)20-7-13-26(30)22(15-20)17-34(24-11-12-24)29(35)19-5-3-2-4-6-19/h7-8,13-16,19,23-24H,2-6,9-12,17H2,1H3,(H,31,32,33). The summed E-state index contributed by atoms with van der Waals surface area (Å²) in [6.45, 7) is 2.27. The molecule has 0 bridgehead atoms. The number of nitrogens with zero attached hydrogens (tertiary/aromatic N) is 3. The minimum absolute atomic E-state index is 0.108. The molecule has 1 aromatic heterocycles. The van der Waals surface area contributed by atoms with Gasteiger partial charge in [-0.15, -0.1) is 0 Å². The third kappa shape index (κ3) is 4.89. The van der Waals surface area contributed by atoms with Gasteiger partial charge >= 0.3 is 0 Å². The minimum Gasteiger partial charge on any atom is -0.367 e. The second-order valence-electron chi connectivity index (χ2n) is 10.6. The van der Waals surface area contributed by atoms with Crippen molar-refractivity contribution in [2.45, 2.75) is 83.3 Å². The normalized spacial score (nSPS) is 18.6. The maximum atomic E-state index is 15.0. The third-order valence-corrected chi connectivity index (χ3v) is 7.67. The lowest BCUT2D eigenvalue weighted by Crippen LogP contribution is -2.38. The number of hydrogen-bond donors (Lipinski definition) is 1. The van der Waals surface area contributed by atoms with Gasteiger partial charge in [0, 0.05) is 35.5 Å². The Morgan fingerprint density at radius 1 is 0.971 bits per heavy atom. The average Bonchev–Trinajstić information content (AvgIpc) is 3.79. The van der Waals surface area contributed by atoms with Crippen LogP contribution in [0.1, 0.15) is 69.2 Å². The maximum Gasteiger partial charge on any atom is 0.226 e. The van der Waals surface area contributed by atoms with Crippen molar-refractivity contribution in [1.82, 2.24) is 14.9 Å². The van der Waals surface area contributed by atoms with Crippen LogP contribution in [0.4, 0.5) is 10.2 Å². The molecule has 0 aliphatic heterocycles.